The van der Waals surface area contributed by atoms with Gasteiger partial charge in [-0.2, -0.15) is 0 Å². The van der Waals surface area contributed by atoms with Crippen molar-refractivity contribution in [2.45, 2.75) is 77.5 Å². The van der Waals surface area contributed by atoms with Crippen LogP contribution in [0.4, 0.5) is 0 Å². The van der Waals surface area contributed by atoms with Gasteiger partial charge in [0.2, 0.25) is 0 Å². The topological polar surface area (TPSA) is 24.5 Å². The second-order valence-corrected chi connectivity index (χ2v) is 6.94. The highest BCUT2D eigenvalue weighted by atomic mass is 16.5. The van der Waals surface area contributed by atoms with Crippen LogP contribution in [-0.2, 0) is 4.74 Å². The normalized spacial score (nSPS) is 29.2. The van der Waals surface area contributed by atoms with Crippen LogP contribution in [-0.4, -0.2) is 49.3 Å². The van der Waals surface area contributed by atoms with Gasteiger partial charge < -0.3 is 10.1 Å². The molecule has 2 fully saturated rings. The van der Waals surface area contributed by atoms with Crippen LogP contribution in [0, 0.1) is 5.92 Å². The van der Waals surface area contributed by atoms with Gasteiger partial charge in [-0.05, 0) is 65.0 Å². The molecule has 0 saturated carbocycles. The summed E-state index contributed by atoms with van der Waals surface area (Å²) in [5, 5.41) is 3.48. The van der Waals surface area contributed by atoms with Crippen molar-refractivity contribution in [2.24, 2.45) is 5.92 Å². The lowest BCUT2D eigenvalue weighted by molar-refractivity contribution is -0.0414. The van der Waals surface area contributed by atoms with Crippen LogP contribution in [0.25, 0.3) is 0 Å². The van der Waals surface area contributed by atoms with E-state index in [1.165, 1.54) is 58.2 Å². The largest absolute Gasteiger partial charge is 0.378 e. The average Bonchev–Trinajstić information content (AvgIpc) is 2.46. The fraction of sp³-hybridized carbons (Fsp3) is 1.00. The lowest BCUT2D eigenvalue weighted by Crippen LogP contribution is -2.48. The molecule has 0 bridgehead atoms. The average molecular weight is 282 g/mol. The number of hydrogen-bond acceptors (Lipinski definition) is 3. The van der Waals surface area contributed by atoms with E-state index in [-0.39, 0.29) is 0 Å². The summed E-state index contributed by atoms with van der Waals surface area (Å²) in [5.74, 6) is 0.895. The van der Waals surface area contributed by atoms with Crippen molar-refractivity contribution in [2.75, 3.05) is 26.2 Å². The minimum absolute atomic E-state index is 0.507. The Bertz CT molecular complexity index is 262. The van der Waals surface area contributed by atoms with Crippen molar-refractivity contribution in [3.8, 4) is 0 Å². The lowest BCUT2D eigenvalue weighted by Gasteiger charge is -2.42. The van der Waals surface area contributed by atoms with Crippen molar-refractivity contribution >= 4 is 0 Å². The molecule has 0 amide bonds. The van der Waals surface area contributed by atoms with Gasteiger partial charge in [-0.15, -0.1) is 0 Å². The first-order chi connectivity index (χ1) is 9.70. The van der Waals surface area contributed by atoms with Gasteiger partial charge >= 0.3 is 0 Å². The molecule has 3 nitrogen and oxygen atoms in total. The molecular weight excluding hydrogens is 248 g/mol. The molecule has 118 valence electrons. The van der Waals surface area contributed by atoms with E-state index in [9.17, 15) is 0 Å². The van der Waals surface area contributed by atoms with Gasteiger partial charge in [0.25, 0.3) is 0 Å². The molecule has 0 aromatic rings. The summed E-state index contributed by atoms with van der Waals surface area (Å²) in [5.41, 5.74) is 0. The highest BCUT2D eigenvalue weighted by molar-refractivity contribution is 4.84. The Kier molecular flexibility index (Phi) is 6.79. The van der Waals surface area contributed by atoms with Crippen molar-refractivity contribution in [1.29, 1.82) is 0 Å². The Hall–Kier alpha value is -0.120. The highest BCUT2D eigenvalue weighted by Gasteiger charge is 2.30. The molecule has 0 radical (unpaired) electrons. The quantitative estimate of drug-likeness (QED) is 0.810. The van der Waals surface area contributed by atoms with E-state index in [0.29, 0.717) is 12.1 Å². The zero-order valence-corrected chi connectivity index (χ0v) is 13.7. The monoisotopic (exact) mass is 282 g/mol. The van der Waals surface area contributed by atoms with E-state index in [0.717, 1.165) is 18.6 Å². The van der Waals surface area contributed by atoms with Crippen LogP contribution >= 0.6 is 0 Å². The predicted molar refractivity (Wildman–Crippen MR) is 85.1 cm³/mol. The molecule has 3 heteroatoms. The summed E-state index contributed by atoms with van der Waals surface area (Å²) in [6, 6.07) is 1.41. The number of ether oxygens (including phenoxy) is 1. The Morgan fingerprint density at radius 3 is 2.60 bits per heavy atom. The van der Waals surface area contributed by atoms with Crippen molar-refractivity contribution in [3.05, 3.63) is 0 Å². The van der Waals surface area contributed by atoms with E-state index in [1.807, 2.05) is 0 Å². The van der Waals surface area contributed by atoms with Crippen molar-refractivity contribution < 1.29 is 4.74 Å². The van der Waals surface area contributed by atoms with Gasteiger partial charge in [0.1, 0.15) is 0 Å². The van der Waals surface area contributed by atoms with Gasteiger partial charge in [-0.25, -0.2) is 0 Å². The molecular formula is C17H34N2O. The van der Waals surface area contributed by atoms with Gasteiger partial charge in [-0.1, -0.05) is 13.3 Å². The third-order valence-corrected chi connectivity index (χ3v) is 5.01. The maximum absolute atomic E-state index is 5.93. The minimum atomic E-state index is 0.507. The smallest absolute Gasteiger partial charge is 0.0590 e. The molecule has 2 rings (SSSR count). The van der Waals surface area contributed by atoms with E-state index in [2.05, 4.69) is 31.0 Å². The summed E-state index contributed by atoms with van der Waals surface area (Å²) in [6.07, 6.45) is 8.16. The maximum Gasteiger partial charge on any atom is 0.0590 e. The molecule has 0 spiro atoms. The zero-order chi connectivity index (χ0) is 14.4. The Balaban J connectivity index is 1.89. The molecule has 2 aliphatic rings. The van der Waals surface area contributed by atoms with Crippen molar-refractivity contribution in [1.82, 2.24) is 10.2 Å². The first kappa shape index (κ1) is 16.3. The van der Waals surface area contributed by atoms with E-state index >= 15 is 0 Å². The van der Waals surface area contributed by atoms with Gasteiger partial charge in [0, 0.05) is 25.2 Å². The van der Waals surface area contributed by atoms with E-state index in [1.54, 1.807) is 0 Å². The summed E-state index contributed by atoms with van der Waals surface area (Å²) < 4.78 is 5.93. The molecule has 2 atom stereocenters. The third-order valence-electron chi connectivity index (χ3n) is 5.01. The van der Waals surface area contributed by atoms with Crippen LogP contribution in [0.3, 0.4) is 0 Å². The second-order valence-electron chi connectivity index (χ2n) is 6.94. The predicted octanol–water partition coefficient (Wildman–Crippen LogP) is 3.04. The van der Waals surface area contributed by atoms with E-state index < -0.39 is 0 Å². The highest BCUT2D eigenvalue weighted by Crippen LogP contribution is 2.26. The number of hydrogen-bond donors (Lipinski definition) is 1. The molecule has 2 heterocycles. The van der Waals surface area contributed by atoms with Gasteiger partial charge in [-0.3, -0.25) is 4.90 Å². The Morgan fingerprint density at radius 1 is 1.20 bits per heavy atom. The number of piperidine rings is 1. The lowest BCUT2D eigenvalue weighted by atomic mass is 9.93. The van der Waals surface area contributed by atoms with Crippen LogP contribution in [0.15, 0.2) is 0 Å². The molecule has 0 aliphatic carbocycles. The SMILES string of the molecule is CCCC1CC(N(CC2CCNCC2)C(C)C)CCO1. The molecule has 2 saturated heterocycles. The molecule has 2 unspecified atom stereocenters. The fourth-order valence-electron chi connectivity index (χ4n) is 3.83. The first-order valence-electron chi connectivity index (χ1n) is 8.78. The zero-order valence-electron chi connectivity index (χ0n) is 13.7. The summed E-state index contributed by atoms with van der Waals surface area (Å²) in [7, 11) is 0. The second kappa shape index (κ2) is 8.35. The number of nitrogens with zero attached hydrogens (tertiary/aromatic N) is 1. The number of rotatable bonds is 6. The molecule has 20 heavy (non-hydrogen) atoms. The van der Waals surface area contributed by atoms with Gasteiger partial charge in [0.05, 0.1) is 6.10 Å². The first-order valence-corrected chi connectivity index (χ1v) is 8.78. The van der Waals surface area contributed by atoms with Crippen LogP contribution in [0.5, 0.6) is 0 Å². The van der Waals surface area contributed by atoms with Crippen molar-refractivity contribution in [3.63, 3.8) is 0 Å². The van der Waals surface area contributed by atoms with Gasteiger partial charge in [0.15, 0.2) is 0 Å². The fourth-order valence-corrected chi connectivity index (χ4v) is 3.83. The third kappa shape index (κ3) is 4.71. The molecule has 1 N–H and O–H groups in total. The molecule has 0 aromatic carbocycles. The molecule has 2 aliphatic heterocycles. The van der Waals surface area contributed by atoms with E-state index in [4.69, 9.17) is 4.74 Å². The van der Waals surface area contributed by atoms with Crippen LogP contribution < -0.4 is 5.32 Å². The minimum Gasteiger partial charge on any atom is -0.378 e. The standard InChI is InChI=1S/C17H34N2O/c1-4-5-17-12-16(8-11-20-17)19(14(2)3)13-15-6-9-18-10-7-15/h14-18H,4-13H2,1-3H3. The van der Waals surface area contributed by atoms with Crippen LogP contribution in [0.2, 0.25) is 0 Å². The van der Waals surface area contributed by atoms with Crippen LogP contribution in [0.1, 0.15) is 59.3 Å². The Morgan fingerprint density at radius 2 is 1.95 bits per heavy atom. The molecule has 0 aromatic heterocycles. The maximum atomic E-state index is 5.93. The Labute approximate surface area is 125 Å². The number of nitrogens with one attached hydrogen (secondary N) is 1. The summed E-state index contributed by atoms with van der Waals surface area (Å²) >= 11 is 0. The summed E-state index contributed by atoms with van der Waals surface area (Å²) in [4.78, 5) is 2.78. The summed E-state index contributed by atoms with van der Waals surface area (Å²) in [6.45, 7) is 11.7.